The van der Waals surface area contributed by atoms with Crippen LogP contribution in [0.2, 0.25) is 5.02 Å². The van der Waals surface area contributed by atoms with Gasteiger partial charge in [-0.15, -0.1) is 13.2 Å². The molecule has 1 saturated carbocycles. The Hall–Kier alpha value is -4.09. The molecule has 2 aliphatic heterocycles. The molecule has 17 heteroatoms. The number of hydrogen-bond acceptors (Lipinski definition) is 10. The number of anilines is 1. The first-order valence-corrected chi connectivity index (χ1v) is 18.1. The molecule has 0 spiro atoms. The van der Waals surface area contributed by atoms with Gasteiger partial charge in [0.1, 0.15) is 16.4 Å². The number of ether oxygens (including phenoxy) is 3. The number of benzene rings is 3. The second-order valence-electron chi connectivity index (χ2n) is 13.3. The van der Waals surface area contributed by atoms with E-state index in [-0.39, 0.29) is 46.3 Å². The van der Waals surface area contributed by atoms with Crippen molar-refractivity contribution < 1.29 is 50.5 Å². The van der Waals surface area contributed by atoms with Crippen molar-refractivity contribution in [3.63, 3.8) is 0 Å². The van der Waals surface area contributed by atoms with Gasteiger partial charge in [-0.05, 0) is 74.3 Å². The van der Waals surface area contributed by atoms with Crippen LogP contribution >= 0.6 is 11.6 Å². The predicted molar refractivity (Wildman–Crippen MR) is 184 cm³/mol. The summed E-state index contributed by atoms with van der Waals surface area (Å²) in [5, 5.41) is 11.2. The molecule has 52 heavy (non-hydrogen) atoms. The van der Waals surface area contributed by atoms with Gasteiger partial charge in [-0.25, -0.2) is 12.7 Å². The molecule has 1 aliphatic carbocycles. The van der Waals surface area contributed by atoms with E-state index in [0.717, 1.165) is 36.6 Å². The fourth-order valence-corrected chi connectivity index (χ4v) is 8.93. The zero-order valence-electron chi connectivity index (χ0n) is 29.0. The number of β-amino-alcohol motifs (C(OH)–C–C–N with tert-alkyl or cyclic N) is 1. The highest BCUT2D eigenvalue weighted by Crippen LogP contribution is 2.55. The molecule has 3 aliphatic rings. The first kappa shape index (κ1) is 37.7. The number of alkyl halides is 3. The Labute approximate surface area is 304 Å². The highest BCUT2D eigenvalue weighted by Gasteiger charge is 2.64. The van der Waals surface area contributed by atoms with Crippen molar-refractivity contribution in [3.8, 4) is 17.2 Å². The molecule has 3 aromatic carbocycles. The fraction of sp³-hybridized carbons (Fsp3) is 0.429. The van der Waals surface area contributed by atoms with Gasteiger partial charge in [-0.3, -0.25) is 19.4 Å². The Morgan fingerprint density at radius 3 is 2.33 bits per heavy atom. The van der Waals surface area contributed by atoms with Gasteiger partial charge in [0.15, 0.2) is 11.3 Å². The van der Waals surface area contributed by atoms with Crippen LogP contribution < -0.4 is 18.5 Å². The van der Waals surface area contributed by atoms with Crippen LogP contribution in [0.1, 0.15) is 36.0 Å². The van der Waals surface area contributed by atoms with Crippen LogP contribution in [0.3, 0.4) is 0 Å². The minimum Gasteiger partial charge on any atom is -0.497 e. The molecular formula is C35H38ClF3N4O8S. The number of fused-ring (bicyclic) bond motifs is 1. The molecule has 1 N–H and O–H groups in total. The van der Waals surface area contributed by atoms with E-state index in [9.17, 15) is 31.5 Å². The largest absolute Gasteiger partial charge is 0.573 e. The Bertz CT molecular complexity index is 2010. The van der Waals surface area contributed by atoms with E-state index in [1.807, 2.05) is 7.05 Å². The number of carbonyl (C=O) groups is 2. The summed E-state index contributed by atoms with van der Waals surface area (Å²) >= 11 is 6.58. The number of sulfonamides is 1. The normalized spacial score (nSPS) is 22.1. The Balaban J connectivity index is 1.66. The zero-order valence-corrected chi connectivity index (χ0v) is 30.6. The van der Waals surface area contributed by atoms with E-state index in [1.165, 1.54) is 56.3 Å². The second-order valence-corrected chi connectivity index (χ2v) is 15.5. The summed E-state index contributed by atoms with van der Waals surface area (Å²) in [6, 6.07) is 11.1. The van der Waals surface area contributed by atoms with Crippen LogP contribution in [0.4, 0.5) is 18.9 Å². The Morgan fingerprint density at radius 1 is 1.00 bits per heavy atom. The van der Waals surface area contributed by atoms with Crippen molar-refractivity contribution in [2.24, 2.45) is 0 Å². The monoisotopic (exact) mass is 766 g/mol. The number of methoxy groups -OCH3 is 2. The maximum absolute atomic E-state index is 15.6. The highest BCUT2D eigenvalue weighted by atomic mass is 35.5. The Morgan fingerprint density at radius 2 is 1.71 bits per heavy atom. The standard InChI is InChI=1S/C35H38ClF3N4O8S/c1-40(2)32(45)28-16-23(44)19-42(28)34(26-14-20(6-12-29(26)50-5)18-41(3)22-8-9-22)25-15-21(36)7-11-27(25)43(33(34)46)52(47,48)31-13-10-24(49-4)17-30(31)51-35(37,38)39/h6-7,10-15,17,22-23,28,44H,8-9,16,18-19H2,1-5H3/t23-,28+,34?/m1/s1. The van der Waals surface area contributed by atoms with E-state index in [2.05, 4.69) is 9.64 Å². The van der Waals surface area contributed by atoms with Crippen LogP contribution in [0, 0.1) is 0 Å². The molecule has 280 valence electrons. The van der Waals surface area contributed by atoms with Crippen molar-refractivity contribution in [1.82, 2.24) is 14.7 Å². The van der Waals surface area contributed by atoms with E-state index in [1.54, 1.807) is 18.2 Å². The summed E-state index contributed by atoms with van der Waals surface area (Å²) in [6.45, 7) is 0.180. The average Bonchev–Trinajstić information content (AvgIpc) is 3.81. The van der Waals surface area contributed by atoms with Gasteiger partial charge in [0, 0.05) is 55.4 Å². The molecule has 2 heterocycles. The maximum Gasteiger partial charge on any atom is 0.573 e. The lowest BCUT2D eigenvalue weighted by molar-refractivity contribution is -0.275. The van der Waals surface area contributed by atoms with Crippen molar-refractivity contribution in [2.75, 3.05) is 46.2 Å². The van der Waals surface area contributed by atoms with Crippen molar-refractivity contribution in [2.45, 2.75) is 60.8 Å². The second kappa shape index (κ2) is 13.7. The molecule has 3 atom stereocenters. The minimum absolute atomic E-state index is 0.0111. The predicted octanol–water partition coefficient (Wildman–Crippen LogP) is 4.35. The van der Waals surface area contributed by atoms with E-state index >= 15 is 4.79 Å². The molecule has 2 fully saturated rings. The number of halogens is 4. The van der Waals surface area contributed by atoms with Gasteiger partial charge < -0.3 is 24.2 Å². The molecular weight excluding hydrogens is 729 g/mol. The third-order valence-corrected chi connectivity index (χ3v) is 11.6. The molecule has 3 aromatic rings. The number of amides is 2. The summed E-state index contributed by atoms with van der Waals surface area (Å²) in [7, 11) is 2.29. The summed E-state index contributed by atoms with van der Waals surface area (Å²) in [5.74, 6) is -2.75. The summed E-state index contributed by atoms with van der Waals surface area (Å²) < 4.78 is 86.0. The van der Waals surface area contributed by atoms with Gasteiger partial charge in [0.2, 0.25) is 5.91 Å². The average molecular weight is 767 g/mol. The van der Waals surface area contributed by atoms with Crippen molar-refractivity contribution >= 4 is 39.1 Å². The first-order valence-electron chi connectivity index (χ1n) is 16.3. The molecule has 0 radical (unpaired) electrons. The number of rotatable bonds is 11. The highest BCUT2D eigenvalue weighted by molar-refractivity contribution is 7.93. The van der Waals surface area contributed by atoms with Crippen LogP contribution in [-0.2, 0) is 31.7 Å². The molecule has 1 saturated heterocycles. The lowest BCUT2D eigenvalue weighted by atomic mass is 9.80. The SMILES string of the molecule is COc1ccc(S(=O)(=O)N2C(=O)C(c3cc(CN(C)C4CC4)ccc3OC)(N3C[C@H](O)C[C@H]3C(=O)N(C)C)c3cc(Cl)ccc32)c(OC(F)(F)F)c1. The summed E-state index contributed by atoms with van der Waals surface area (Å²) in [6.07, 6.45) is -4.51. The molecule has 1 unspecified atom stereocenters. The minimum atomic E-state index is -5.31. The smallest absolute Gasteiger partial charge is 0.497 e. The van der Waals surface area contributed by atoms with Gasteiger partial charge in [-0.1, -0.05) is 17.7 Å². The van der Waals surface area contributed by atoms with Crippen LogP contribution in [0.5, 0.6) is 17.2 Å². The lowest BCUT2D eigenvalue weighted by Gasteiger charge is -2.42. The fourth-order valence-electron chi connectivity index (χ4n) is 7.19. The molecule has 6 rings (SSSR count). The van der Waals surface area contributed by atoms with Crippen LogP contribution in [0.25, 0.3) is 0 Å². The summed E-state index contributed by atoms with van der Waals surface area (Å²) in [4.78, 5) is 33.3. The van der Waals surface area contributed by atoms with Crippen LogP contribution in [-0.4, -0.2) is 106 Å². The Kier molecular flexibility index (Phi) is 9.93. The van der Waals surface area contributed by atoms with E-state index < -0.39 is 56.5 Å². The number of aliphatic hydroxyl groups is 1. The van der Waals surface area contributed by atoms with Gasteiger partial charge in [-0.2, -0.15) is 0 Å². The number of nitrogens with zero attached hydrogens (tertiary/aromatic N) is 4. The molecule has 0 bridgehead atoms. The maximum atomic E-state index is 15.6. The van der Waals surface area contributed by atoms with Crippen molar-refractivity contribution in [1.29, 1.82) is 0 Å². The van der Waals surface area contributed by atoms with Gasteiger partial charge in [0.25, 0.3) is 15.9 Å². The molecule has 2 amide bonds. The zero-order chi connectivity index (χ0) is 37.9. The number of likely N-dealkylation sites (N-methyl/N-ethyl adjacent to an activating group) is 1. The van der Waals surface area contributed by atoms with E-state index in [0.29, 0.717) is 16.9 Å². The molecule has 12 nitrogen and oxygen atoms in total. The van der Waals surface area contributed by atoms with Gasteiger partial charge in [0.05, 0.1) is 32.1 Å². The van der Waals surface area contributed by atoms with E-state index in [4.69, 9.17) is 21.1 Å². The first-order chi connectivity index (χ1) is 24.4. The quantitative estimate of drug-likeness (QED) is 0.301. The van der Waals surface area contributed by atoms with Crippen molar-refractivity contribution in [3.05, 3.63) is 76.3 Å². The number of likely N-dealkylation sites (tertiary alicyclic amines) is 1. The topological polar surface area (TPSA) is 129 Å². The molecule has 0 aromatic heterocycles. The summed E-state index contributed by atoms with van der Waals surface area (Å²) in [5.41, 5.74) is -1.55. The lowest BCUT2D eigenvalue weighted by Crippen LogP contribution is -2.59. The number of carbonyl (C=O) groups excluding carboxylic acids is 2. The van der Waals surface area contributed by atoms with Crippen LogP contribution in [0.15, 0.2) is 59.5 Å². The number of aliphatic hydroxyl groups excluding tert-OH is 1. The van der Waals surface area contributed by atoms with Gasteiger partial charge >= 0.3 is 6.36 Å². The third-order valence-electron chi connectivity index (χ3n) is 9.65. The number of hydrogen-bond donors (Lipinski definition) is 1. The third kappa shape index (κ3) is 6.55.